The van der Waals surface area contributed by atoms with Crippen LogP contribution in [0.2, 0.25) is 0 Å². The lowest BCUT2D eigenvalue weighted by atomic mass is 10.4. The highest BCUT2D eigenvalue weighted by Gasteiger charge is 1.89. The zero-order chi connectivity index (χ0) is 15.5. The number of hydrogen-bond acceptors (Lipinski definition) is 6. The molecule has 0 spiro atoms. The van der Waals surface area contributed by atoms with E-state index in [2.05, 4.69) is 6.58 Å². The molecule has 0 bridgehead atoms. The van der Waals surface area contributed by atoms with E-state index in [1.807, 2.05) is 0 Å². The molecule has 4 N–H and O–H groups in total. The fourth-order valence-corrected chi connectivity index (χ4v) is 0. The Morgan fingerprint density at radius 2 is 1.00 bits per heavy atom. The van der Waals surface area contributed by atoms with Crippen LogP contribution in [0.25, 0.3) is 0 Å². The van der Waals surface area contributed by atoms with Crippen LogP contribution in [0, 0.1) is 0 Å². The number of hydrogen-bond donors (Lipinski definition) is 4. The van der Waals surface area contributed by atoms with Crippen molar-refractivity contribution in [2.24, 2.45) is 0 Å². The molecule has 0 amide bonds. The first-order valence-electron chi connectivity index (χ1n) is 4.91. The van der Waals surface area contributed by atoms with Gasteiger partial charge in [0.1, 0.15) is 11.5 Å². The van der Waals surface area contributed by atoms with Crippen molar-refractivity contribution in [1.29, 1.82) is 0 Å². The Morgan fingerprint density at radius 1 is 0.833 bits per heavy atom. The number of allylic oxidation sites excluding steroid dienone is 5. The number of Topliss-reactive ketones (excluding diaryl/α,β-unsaturated/α-hetero) is 1. The Labute approximate surface area is 107 Å². The van der Waals surface area contributed by atoms with E-state index in [0.717, 1.165) is 0 Å². The van der Waals surface area contributed by atoms with E-state index in [1.165, 1.54) is 34.6 Å². The van der Waals surface area contributed by atoms with Crippen LogP contribution in [0.5, 0.6) is 0 Å². The third-order valence-corrected chi connectivity index (χ3v) is 1.44. The number of carbonyl (C=O) groups excluding carboxylic acids is 1. The fraction of sp³-hybridized carbons (Fsp3) is 0.417. The van der Waals surface area contributed by atoms with Gasteiger partial charge in [-0.1, -0.05) is 19.3 Å². The second-order valence-electron chi connectivity index (χ2n) is 3.32. The second-order valence-corrected chi connectivity index (χ2v) is 3.32. The van der Waals surface area contributed by atoms with Gasteiger partial charge in [0.2, 0.25) is 0 Å². The fourth-order valence-electron chi connectivity index (χ4n) is 0. The first-order valence-corrected chi connectivity index (χ1v) is 4.91. The summed E-state index contributed by atoms with van der Waals surface area (Å²) >= 11 is 0. The van der Waals surface area contributed by atoms with Crippen molar-refractivity contribution in [3.05, 3.63) is 35.4 Å². The van der Waals surface area contributed by atoms with E-state index in [0.29, 0.717) is 0 Å². The average Bonchev–Trinajstić information content (AvgIpc) is 2.18. The maximum atomic E-state index is 9.86. The maximum Gasteiger partial charge on any atom is 0.193 e. The smallest absolute Gasteiger partial charge is 0.193 e. The standard InChI is InChI=1S/2C4H8O2.C4H6O2/c3*1-3(5)4(2)6/h2*5-6H,1-2H3;5H,1H2,2H3/p-1/b2*4-3-;. The molecule has 0 radical (unpaired) electrons. The summed E-state index contributed by atoms with van der Waals surface area (Å²) in [4.78, 5) is 9.79. The molecule has 0 aromatic heterocycles. The molecule has 0 aliphatic rings. The summed E-state index contributed by atoms with van der Waals surface area (Å²) in [5.41, 5.74) is 0. The molecular weight excluding hydrogens is 240 g/mol. The van der Waals surface area contributed by atoms with Crippen molar-refractivity contribution in [3.8, 4) is 0 Å². The molecule has 0 rings (SSSR count). The van der Waals surface area contributed by atoms with Crippen LogP contribution in [-0.4, -0.2) is 26.2 Å². The largest absolute Gasteiger partial charge is 0.873 e. The molecule has 0 atom stereocenters. The molecule has 0 aliphatic carbocycles. The third kappa shape index (κ3) is 23.6. The van der Waals surface area contributed by atoms with Gasteiger partial charge in [-0.15, -0.1) is 0 Å². The van der Waals surface area contributed by atoms with Crippen molar-refractivity contribution in [2.75, 3.05) is 0 Å². The van der Waals surface area contributed by atoms with Crippen molar-refractivity contribution in [3.63, 3.8) is 0 Å². The summed E-state index contributed by atoms with van der Waals surface area (Å²) in [6.07, 6.45) is 0. The van der Waals surface area contributed by atoms with Crippen LogP contribution in [0.1, 0.15) is 34.6 Å². The highest BCUT2D eigenvalue weighted by Crippen LogP contribution is 1.90. The van der Waals surface area contributed by atoms with Gasteiger partial charge in [0.05, 0.1) is 5.76 Å². The highest BCUT2D eigenvalue weighted by atomic mass is 16.3. The first kappa shape index (κ1) is 21.2. The summed E-state index contributed by atoms with van der Waals surface area (Å²) in [5, 5.41) is 42.7. The minimum atomic E-state index is -0.380. The van der Waals surface area contributed by atoms with Gasteiger partial charge < -0.3 is 25.5 Å². The number of ketones is 1. The van der Waals surface area contributed by atoms with Crippen molar-refractivity contribution in [1.82, 2.24) is 0 Å². The molecule has 0 heterocycles. The number of aliphatic hydroxyl groups is 4. The Kier molecular flexibility index (Phi) is 13.4. The normalized spacial score (nSPS) is 11.6. The van der Waals surface area contributed by atoms with Crippen LogP contribution < -0.4 is 5.11 Å². The third-order valence-electron chi connectivity index (χ3n) is 1.44. The van der Waals surface area contributed by atoms with E-state index in [-0.39, 0.29) is 34.6 Å². The SMILES string of the molecule is C/C(O)=C(\C)O.C/C([O-])=C(\C)O.C=C(O)C(C)=O. The summed E-state index contributed by atoms with van der Waals surface area (Å²) in [5.74, 6) is -1.19. The zero-order valence-corrected chi connectivity index (χ0v) is 11.3. The van der Waals surface area contributed by atoms with Gasteiger partial charge in [0, 0.05) is 6.92 Å². The minimum absolute atomic E-state index is 0.0185. The lowest BCUT2D eigenvalue weighted by molar-refractivity contribution is -0.306. The van der Waals surface area contributed by atoms with Crippen molar-refractivity contribution < 1.29 is 30.3 Å². The quantitative estimate of drug-likeness (QED) is 0.424. The van der Waals surface area contributed by atoms with Crippen LogP contribution >= 0.6 is 0 Å². The Hall–Kier alpha value is -2.11. The Morgan fingerprint density at radius 3 is 1.00 bits per heavy atom. The van der Waals surface area contributed by atoms with Crippen molar-refractivity contribution in [2.45, 2.75) is 34.6 Å². The monoisotopic (exact) mass is 261 g/mol. The molecule has 6 nitrogen and oxygen atoms in total. The van der Waals surface area contributed by atoms with Gasteiger partial charge in [-0.05, 0) is 20.8 Å². The molecule has 0 saturated heterocycles. The summed E-state index contributed by atoms with van der Waals surface area (Å²) in [7, 11) is 0. The number of aliphatic hydroxyl groups excluding tert-OH is 4. The molecule has 18 heavy (non-hydrogen) atoms. The van der Waals surface area contributed by atoms with Gasteiger partial charge >= 0.3 is 0 Å². The average molecular weight is 261 g/mol. The van der Waals surface area contributed by atoms with Gasteiger partial charge in [0.15, 0.2) is 11.5 Å². The van der Waals surface area contributed by atoms with Crippen molar-refractivity contribution >= 4 is 5.78 Å². The van der Waals surface area contributed by atoms with Gasteiger partial charge in [-0.3, -0.25) is 4.79 Å². The molecule has 0 unspecified atom stereocenters. The minimum Gasteiger partial charge on any atom is -0.873 e. The van der Waals surface area contributed by atoms with Gasteiger partial charge in [0.25, 0.3) is 0 Å². The maximum absolute atomic E-state index is 9.86. The van der Waals surface area contributed by atoms with Crippen LogP contribution in [-0.2, 0) is 4.79 Å². The molecular formula is C12H21O6-. The van der Waals surface area contributed by atoms with E-state index >= 15 is 0 Å². The Balaban J connectivity index is -0.000000187. The number of carbonyl (C=O) groups is 1. The Bertz CT molecular complexity index is 268. The van der Waals surface area contributed by atoms with E-state index in [1.54, 1.807) is 0 Å². The molecule has 0 fully saturated rings. The topological polar surface area (TPSA) is 121 Å². The molecule has 0 aliphatic heterocycles. The molecule has 0 aromatic rings. The van der Waals surface area contributed by atoms with Gasteiger partial charge in [-0.2, -0.15) is 0 Å². The summed E-state index contributed by atoms with van der Waals surface area (Å²) < 4.78 is 0. The zero-order valence-electron chi connectivity index (χ0n) is 11.3. The summed E-state index contributed by atoms with van der Waals surface area (Å²) in [6, 6.07) is 0. The molecule has 0 aromatic carbocycles. The number of rotatable bonds is 1. The molecule has 6 heteroatoms. The van der Waals surface area contributed by atoms with Crippen LogP contribution in [0.15, 0.2) is 35.4 Å². The highest BCUT2D eigenvalue weighted by molar-refractivity contribution is 5.89. The molecule has 106 valence electrons. The first-order chi connectivity index (χ1) is 7.93. The predicted octanol–water partition coefficient (Wildman–Crippen LogP) is 2.16. The van der Waals surface area contributed by atoms with Crippen LogP contribution in [0.4, 0.5) is 0 Å². The second kappa shape index (κ2) is 11.4. The lowest BCUT2D eigenvalue weighted by Gasteiger charge is -2.02. The lowest BCUT2D eigenvalue weighted by Crippen LogP contribution is -2.00. The van der Waals surface area contributed by atoms with E-state index in [4.69, 9.17) is 20.4 Å². The van der Waals surface area contributed by atoms with E-state index in [9.17, 15) is 9.90 Å². The predicted molar refractivity (Wildman–Crippen MR) is 67.1 cm³/mol. The van der Waals surface area contributed by atoms with Crippen LogP contribution in [0.3, 0.4) is 0 Å². The summed E-state index contributed by atoms with van der Waals surface area (Å²) in [6.45, 7) is 9.74. The van der Waals surface area contributed by atoms with E-state index < -0.39 is 0 Å². The van der Waals surface area contributed by atoms with Gasteiger partial charge in [-0.25, -0.2) is 0 Å². The molecule has 0 saturated carbocycles.